The van der Waals surface area contributed by atoms with Crippen LogP contribution in [0.4, 0.5) is 0 Å². The quantitative estimate of drug-likeness (QED) is 0.488. The van der Waals surface area contributed by atoms with Gasteiger partial charge >= 0.3 is 5.91 Å². The third-order valence-electron chi connectivity index (χ3n) is 3.68. The van der Waals surface area contributed by atoms with Gasteiger partial charge in [-0.05, 0) is 49.4 Å². The number of benzene rings is 2. The molecule has 0 saturated heterocycles. The number of furan rings is 1. The molecule has 27 heavy (non-hydrogen) atoms. The van der Waals surface area contributed by atoms with Crippen molar-refractivity contribution in [1.82, 2.24) is 5.43 Å². The van der Waals surface area contributed by atoms with Crippen molar-refractivity contribution in [2.45, 2.75) is 13.5 Å². The maximum absolute atomic E-state index is 12.2. The first-order valence-corrected chi connectivity index (χ1v) is 8.51. The van der Waals surface area contributed by atoms with Gasteiger partial charge in [-0.3, -0.25) is 4.79 Å². The van der Waals surface area contributed by atoms with Crippen LogP contribution in [-0.2, 0) is 6.61 Å². The number of phenolic OH excluding ortho intramolecular Hbond substituents is 1. The third kappa shape index (κ3) is 4.89. The van der Waals surface area contributed by atoms with Crippen molar-refractivity contribution >= 4 is 23.2 Å². The topological polar surface area (TPSA) is 84.1 Å². The number of nitrogens with one attached hydrogen (secondary N) is 1. The summed E-state index contributed by atoms with van der Waals surface area (Å²) in [6.07, 6.45) is 0. The van der Waals surface area contributed by atoms with Crippen LogP contribution in [0, 0.1) is 0 Å². The molecule has 0 bridgehead atoms. The Morgan fingerprint density at radius 3 is 2.74 bits per heavy atom. The Hall–Kier alpha value is -3.25. The van der Waals surface area contributed by atoms with Crippen LogP contribution in [-0.4, -0.2) is 16.7 Å². The van der Waals surface area contributed by atoms with Crippen LogP contribution in [0.25, 0.3) is 0 Å². The number of aromatic hydroxyl groups is 1. The van der Waals surface area contributed by atoms with Crippen LogP contribution in [0.2, 0.25) is 5.02 Å². The van der Waals surface area contributed by atoms with Gasteiger partial charge in [0.1, 0.15) is 23.9 Å². The van der Waals surface area contributed by atoms with Gasteiger partial charge in [-0.2, -0.15) is 5.10 Å². The number of carbonyl (C=O) groups is 1. The van der Waals surface area contributed by atoms with Crippen LogP contribution >= 0.6 is 11.6 Å². The van der Waals surface area contributed by atoms with Gasteiger partial charge in [0.05, 0.1) is 5.71 Å². The highest BCUT2D eigenvalue weighted by Gasteiger charge is 2.12. The number of amides is 1. The van der Waals surface area contributed by atoms with Gasteiger partial charge in [-0.25, -0.2) is 5.43 Å². The number of para-hydroxylation sites is 1. The summed E-state index contributed by atoms with van der Waals surface area (Å²) in [5, 5.41) is 14.3. The van der Waals surface area contributed by atoms with Crippen LogP contribution < -0.4 is 10.2 Å². The number of nitrogens with zero attached hydrogens (tertiary/aromatic N) is 1. The number of carbonyl (C=O) groups excluding carboxylic acids is 1. The molecule has 2 aromatic carbocycles. The van der Waals surface area contributed by atoms with Crippen molar-refractivity contribution in [3.05, 3.63) is 82.8 Å². The lowest BCUT2D eigenvalue weighted by molar-refractivity contribution is 0.0923. The Morgan fingerprint density at radius 2 is 1.96 bits per heavy atom. The molecule has 1 amide bonds. The Kier molecular flexibility index (Phi) is 5.78. The SMILES string of the molecule is C/C(=N\NC(=O)c1ccc(COc2ccccc2)o1)c1cc(Cl)ccc1O. The highest BCUT2D eigenvalue weighted by atomic mass is 35.5. The molecule has 0 spiro atoms. The van der Waals surface area contributed by atoms with Crippen LogP contribution in [0.1, 0.15) is 28.8 Å². The fourth-order valence-electron chi connectivity index (χ4n) is 2.30. The van der Waals surface area contributed by atoms with Crippen molar-refractivity contribution < 1.29 is 19.1 Å². The van der Waals surface area contributed by atoms with Crippen LogP contribution in [0.15, 0.2) is 70.2 Å². The smallest absolute Gasteiger partial charge is 0.307 e. The Balaban J connectivity index is 1.61. The highest BCUT2D eigenvalue weighted by molar-refractivity contribution is 6.31. The van der Waals surface area contributed by atoms with Crippen molar-refractivity contribution in [1.29, 1.82) is 0 Å². The maximum Gasteiger partial charge on any atom is 0.307 e. The van der Waals surface area contributed by atoms with E-state index in [2.05, 4.69) is 10.5 Å². The first-order chi connectivity index (χ1) is 13.0. The predicted octanol–water partition coefficient (Wildman–Crippen LogP) is 4.37. The number of ether oxygens (including phenoxy) is 1. The molecule has 1 aromatic heterocycles. The van der Waals surface area contributed by atoms with E-state index >= 15 is 0 Å². The van der Waals surface area contributed by atoms with E-state index in [-0.39, 0.29) is 18.1 Å². The lowest BCUT2D eigenvalue weighted by atomic mass is 10.1. The lowest BCUT2D eigenvalue weighted by Gasteiger charge is -2.05. The zero-order valence-electron chi connectivity index (χ0n) is 14.5. The molecule has 0 aliphatic heterocycles. The molecule has 0 fully saturated rings. The fraction of sp³-hybridized carbons (Fsp3) is 0.100. The average molecular weight is 385 g/mol. The minimum Gasteiger partial charge on any atom is -0.507 e. The van der Waals surface area contributed by atoms with Gasteiger partial charge in [0, 0.05) is 10.6 Å². The standard InChI is InChI=1S/C20H17ClN2O4/c1-13(17-11-14(21)7-9-18(17)24)22-23-20(25)19-10-8-16(27-19)12-26-15-5-3-2-4-6-15/h2-11,24H,12H2,1H3,(H,23,25)/b22-13+. The summed E-state index contributed by atoms with van der Waals surface area (Å²) in [7, 11) is 0. The molecule has 0 unspecified atom stereocenters. The summed E-state index contributed by atoms with van der Waals surface area (Å²) in [6.45, 7) is 1.85. The zero-order chi connectivity index (χ0) is 19.2. The fourth-order valence-corrected chi connectivity index (χ4v) is 2.47. The van der Waals surface area contributed by atoms with E-state index < -0.39 is 5.91 Å². The number of hydrogen-bond donors (Lipinski definition) is 2. The second kappa shape index (κ2) is 8.42. The van der Waals surface area contributed by atoms with Gasteiger partial charge in [0.2, 0.25) is 0 Å². The van der Waals surface area contributed by atoms with E-state index in [1.165, 1.54) is 6.07 Å². The number of halogens is 1. The summed E-state index contributed by atoms with van der Waals surface area (Å²) in [5.41, 5.74) is 3.23. The monoisotopic (exact) mass is 384 g/mol. The Morgan fingerprint density at radius 1 is 1.19 bits per heavy atom. The maximum atomic E-state index is 12.2. The molecule has 0 aliphatic rings. The summed E-state index contributed by atoms with van der Waals surface area (Å²) < 4.78 is 11.0. The van der Waals surface area contributed by atoms with E-state index in [0.29, 0.717) is 27.8 Å². The van der Waals surface area contributed by atoms with Crippen molar-refractivity contribution in [2.24, 2.45) is 5.10 Å². The Bertz CT molecular complexity index is 967. The second-order valence-electron chi connectivity index (χ2n) is 5.67. The lowest BCUT2D eigenvalue weighted by Crippen LogP contribution is -2.18. The van der Waals surface area contributed by atoms with Crippen molar-refractivity contribution in [3.8, 4) is 11.5 Å². The van der Waals surface area contributed by atoms with Crippen molar-refractivity contribution in [3.63, 3.8) is 0 Å². The minimum absolute atomic E-state index is 0.0215. The molecule has 0 aliphatic carbocycles. The van der Waals surface area contributed by atoms with E-state index in [1.807, 2.05) is 30.3 Å². The molecule has 6 nitrogen and oxygen atoms in total. The van der Waals surface area contributed by atoms with Crippen LogP contribution in [0.3, 0.4) is 0 Å². The molecule has 0 atom stereocenters. The van der Waals surface area contributed by atoms with E-state index in [9.17, 15) is 9.90 Å². The first kappa shape index (κ1) is 18.5. The number of rotatable bonds is 6. The van der Waals surface area contributed by atoms with Crippen molar-refractivity contribution in [2.75, 3.05) is 0 Å². The van der Waals surface area contributed by atoms with E-state index in [4.69, 9.17) is 20.8 Å². The predicted molar refractivity (Wildman–Crippen MR) is 102 cm³/mol. The van der Waals surface area contributed by atoms with E-state index in [0.717, 1.165) is 0 Å². The van der Waals surface area contributed by atoms with Gasteiger partial charge < -0.3 is 14.3 Å². The van der Waals surface area contributed by atoms with E-state index in [1.54, 1.807) is 31.2 Å². The molecular weight excluding hydrogens is 368 g/mol. The largest absolute Gasteiger partial charge is 0.507 e. The summed E-state index contributed by atoms with van der Waals surface area (Å²) in [5.74, 6) is 0.835. The molecule has 1 heterocycles. The molecule has 2 N–H and O–H groups in total. The zero-order valence-corrected chi connectivity index (χ0v) is 15.2. The molecule has 7 heteroatoms. The third-order valence-corrected chi connectivity index (χ3v) is 3.92. The number of hydrogen-bond acceptors (Lipinski definition) is 5. The summed E-state index contributed by atoms with van der Waals surface area (Å²) >= 11 is 5.92. The minimum atomic E-state index is -0.512. The summed E-state index contributed by atoms with van der Waals surface area (Å²) in [4.78, 5) is 12.2. The molecule has 138 valence electrons. The van der Waals surface area contributed by atoms with Gasteiger partial charge in [0.25, 0.3) is 0 Å². The second-order valence-corrected chi connectivity index (χ2v) is 6.10. The number of phenols is 1. The molecule has 0 saturated carbocycles. The van der Waals surface area contributed by atoms with Gasteiger partial charge in [0.15, 0.2) is 5.76 Å². The van der Waals surface area contributed by atoms with Gasteiger partial charge in [-0.1, -0.05) is 29.8 Å². The molecule has 3 rings (SSSR count). The normalized spacial score (nSPS) is 11.3. The molecule has 0 radical (unpaired) electrons. The number of hydrazone groups is 1. The van der Waals surface area contributed by atoms with Gasteiger partial charge in [-0.15, -0.1) is 0 Å². The Labute approximate surface area is 161 Å². The molecule has 3 aromatic rings. The average Bonchev–Trinajstić information content (AvgIpc) is 3.16. The summed E-state index contributed by atoms with van der Waals surface area (Å²) in [6, 6.07) is 17.1. The highest BCUT2D eigenvalue weighted by Crippen LogP contribution is 2.22. The van der Waals surface area contributed by atoms with Crippen LogP contribution in [0.5, 0.6) is 11.5 Å². The molecular formula is C20H17ClN2O4. The first-order valence-electron chi connectivity index (χ1n) is 8.13.